The number of anilines is 6. The molecule has 0 fully saturated rings. The first-order valence-corrected chi connectivity index (χ1v) is 25.8. The van der Waals surface area contributed by atoms with Crippen LogP contribution in [0.15, 0.2) is 303 Å². The Morgan fingerprint density at radius 2 is 0.434 bits per heavy atom. The maximum Gasteiger partial charge on any atom is 0.0978 e. The number of fused-ring (bicyclic) bond motifs is 3. The van der Waals surface area contributed by atoms with Gasteiger partial charge in [0.2, 0.25) is 0 Å². The first kappa shape index (κ1) is 45.7. The molecule has 2 heterocycles. The summed E-state index contributed by atoms with van der Waals surface area (Å²) in [5, 5.41) is 2.11. The second-order valence-corrected chi connectivity index (χ2v) is 19.0. The van der Waals surface area contributed by atoms with Crippen LogP contribution in [0.25, 0.3) is 88.8 Å². The summed E-state index contributed by atoms with van der Waals surface area (Å²) >= 11 is 0. The summed E-state index contributed by atoms with van der Waals surface area (Å²) in [5.74, 6) is 0. The van der Waals surface area contributed by atoms with Gasteiger partial charge in [-0.1, -0.05) is 218 Å². The molecule has 0 unspecified atom stereocenters. The minimum atomic E-state index is 0.866. The van der Waals surface area contributed by atoms with Crippen LogP contribution in [-0.2, 0) is 0 Å². The molecule has 0 radical (unpaired) electrons. The van der Waals surface area contributed by atoms with E-state index in [1.54, 1.807) is 0 Å². The molecule has 13 rings (SSSR count). The minimum absolute atomic E-state index is 0.866. The van der Waals surface area contributed by atoms with Gasteiger partial charge in [0, 0.05) is 56.0 Å². The lowest BCUT2D eigenvalue weighted by Gasteiger charge is -2.25. The summed E-state index contributed by atoms with van der Waals surface area (Å²) in [4.78, 5) is 15.7. The summed E-state index contributed by atoms with van der Waals surface area (Å²) in [5.41, 5.74) is 21.3. The van der Waals surface area contributed by atoms with Gasteiger partial charge < -0.3 is 9.80 Å². The van der Waals surface area contributed by atoms with Gasteiger partial charge >= 0.3 is 0 Å². The quantitative estimate of drug-likeness (QED) is 0.114. The maximum atomic E-state index is 5.56. The number of rotatable bonds is 12. The van der Waals surface area contributed by atoms with Gasteiger partial charge in [0.25, 0.3) is 0 Å². The molecule has 0 spiro atoms. The van der Waals surface area contributed by atoms with Gasteiger partial charge in [-0.3, -0.25) is 0 Å². The topological polar surface area (TPSA) is 32.3 Å². The van der Waals surface area contributed by atoms with Crippen LogP contribution in [0, 0.1) is 0 Å². The second kappa shape index (κ2) is 20.4. The van der Waals surface area contributed by atoms with Crippen molar-refractivity contribution >= 4 is 55.9 Å². The van der Waals surface area contributed by atoms with Crippen LogP contribution in [-0.4, -0.2) is 9.97 Å². The lowest BCUT2D eigenvalue weighted by molar-refractivity contribution is 1.28. The smallest absolute Gasteiger partial charge is 0.0978 e. The predicted octanol–water partition coefficient (Wildman–Crippen LogP) is 19.7. The molecule has 358 valence electrons. The Hall–Kier alpha value is -10.2. The molecule has 0 N–H and O–H groups in total. The number of benzene rings is 11. The molecule has 0 atom stereocenters. The molecular formula is C72H50N4. The van der Waals surface area contributed by atoms with Crippen LogP contribution in [0.3, 0.4) is 0 Å². The lowest BCUT2D eigenvalue weighted by atomic mass is 9.93. The molecule has 4 heteroatoms. The fourth-order valence-electron chi connectivity index (χ4n) is 10.5. The van der Waals surface area contributed by atoms with Gasteiger partial charge in [0.1, 0.15) is 0 Å². The van der Waals surface area contributed by atoms with Crippen molar-refractivity contribution < 1.29 is 0 Å². The molecule has 4 nitrogen and oxygen atoms in total. The van der Waals surface area contributed by atoms with E-state index < -0.39 is 0 Å². The zero-order chi connectivity index (χ0) is 50.6. The van der Waals surface area contributed by atoms with Crippen LogP contribution in [0.4, 0.5) is 34.1 Å². The summed E-state index contributed by atoms with van der Waals surface area (Å²) in [6.45, 7) is 0. The van der Waals surface area contributed by atoms with Gasteiger partial charge in [-0.2, -0.15) is 0 Å². The summed E-state index contributed by atoms with van der Waals surface area (Å²) in [6.07, 6.45) is 0. The highest BCUT2D eigenvalue weighted by Gasteiger charge is 2.19. The van der Waals surface area contributed by atoms with Crippen molar-refractivity contribution in [3.05, 3.63) is 303 Å². The van der Waals surface area contributed by atoms with Crippen molar-refractivity contribution in [1.29, 1.82) is 0 Å². The van der Waals surface area contributed by atoms with Crippen LogP contribution in [0.2, 0.25) is 0 Å². The Bertz CT molecular complexity index is 3730. The third-order valence-electron chi connectivity index (χ3n) is 14.3. The van der Waals surface area contributed by atoms with E-state index in [9.17, 15) is 0 Å². The maximum absolute atomic E-state index is 5.56. The molecule has 0 bridgehead atoms. The van der Waals surface area contributed by atoms with E-state index in [4.69, 9.17) is 9.97 Å². The van der Waals surface area contributed by atoms with Crippen molar-refractivity contribution in [3.63, 3.8) is 0 Å². The van der Waals surface area contributed by atoms with E-state index in [0.29, 0.717) is 0 Å². The third kappa shape index (κ3) is 9.06. The van der Waals surface area contributed by atoms with E-state index in [1.807, 2.05) is 0 Å². The number of hydrogen-bond acceptors (Lipinski definition) is 4. The van der Waals surface area contributed by atoms with Gasteiger partial charge in [-0.25, -0.2) is 9.97 Å². The summed E-state index contributed by atoms with van der Waals surface area (Å²) < 4.78 is 0. The van der Waals surface area contributed by atoms with Gasteiger partial charge in [0.15, 0.2) is 0 Å². The fraction of sp³-hybridized carbons (Fsp3) is 0. The zero-order valence-electron chi connectivity index (χ0n) is 41.7. The van der Waals surface area contributed by atoms with Crippen LogP contribution >= 0.6 is 0 Å². The number of aromatic nitrogens is 2. The van der Waals surface area contributed by atoms with Crippen molar-refractivity contribution in [2.45, 2.75) is 0 Å². The van der Waals surface area contributed by atoms with E-state index in [2.05, 4.69) is 313 Å². The van der Waals surface area contributed by atoms with Crippen molar-refractivity contribution in [2.24, 2.45) is 0 Å². The molecule has 13 aromatic rings. The molecule has 0 saturated carbocycles. The standard InChI is InChI=1S/C72H50N4/c1-7-19-55(20-8-1)67-49-69(57-35-31-51(32-36-57)53-39-43-63(44-40-53)75(59-23-11-3-12-24-59)60-25-13-4-14-26-60)73-71-65(67)47-48-66-68(56-21-9-2-10-22-56)50-70(74-72(66)71)58-37-33-52(34-38-58)54-41-45-64(46-42-54)76(61-27-15-5-16-28-61)62-29-17-6-18-30-62/h1-50H. The van der Waals surface area contributed by atoms with Gasteiger partial charge in [-0.05, 0) is 129 Å². The Balaban J connectivity index is 0.873. The number of para-hydroxylation sites is 4. The normalized spacial score (nSPS) is 11.2. The van der Waals surface area contributed by atoms with Crippen LogP contribution < -0.4 is 9.80 Å². The second-order valence-electron chi connectivity index (χ2n) is 19.0. The SMILES string of the molecule is c1ccc(-c2cc(-c3ccc(-c4ccc(N(c5ccccc5)c5ccccc5)cc4)cc3)nc3c2ccc2c(-c4ccccc4)cc(-c4ccc(-c5ccc(N(c6ccccc6)c6ccccc6)cc5)cc4)nc23)cc1. The number of hydrogen-bond donors (Lipinski definition) is 0. The van der Waals surface area contributed by atoms with Crippen molar-refractivity contribution in [1.82, 2.24) is 9.97 Å². The highest BCUT2D eigenvalue weighted by atomic mass is 15.1. The summed E-state index contributed by atoms with van der Waals surface area (Å²) in [6, 6.07) is 108. The average molecular weight is 971 g/mol. The van der Waals surface area contributed by atoms with E-state index in [1.165, 1.54) is 0 Å². The Labute approximate surface area is 443 Å². The molecule has 11 aromatic carbocycles. The monoisotopic (exact) mass is 970 g/mol. The van der Waals surface area contributed by atoms with E-state index >= 15 is 0 Å². The minimum Gasteiger partial charge on any atom is -0.311 e. The van der Waals surface area contributed by atoms with E-state index in [0.717, 1.165) is 123 Å². The molecule has 0 aliphatic carbocycles. The Kier molecular flexibility index (Phi) is 12.3. The van der Waals surface area contributed by atoms with Gasteiger partial charge in [0.05, 0.1) is 22.4 Å². The lowest BCUT2D eigenvalue weighted by Crippen LogP contribution is -2.09. The Morgan fingerprint density at radius 3 is 0.724 bits per heavy atom. The first-order valence-electron chi connectivity index (χ1n) is 25.8. The predicted molar refractivity (Wildman–Crippen MR) is 319 cm³/mol. The molecule has 0 aliphatic rings. The molecule has 0 amide bonds. The largest absolute Gasteiger partial charge is 0.311 e. The number of nitrogens with zero attached hydrogens (tertiary/aromatic N) is 4. The highest BCUT2D eigenvalue weighted by Crippen LogP contribution is 2.42. The fourth-order valence-corrected chi connectivity index (χ4v) is 10.5. The van der Waals surface area contributed by atoms with Crippen molar-refractivity contribution in [2.75, 3.05) is 9.80 Å². The van der Waals surface area contributed by atoms with Gasteiger partial charge in [-0.15, -0.1) is 0 Å². The van der Waals surface area contributed by atoms with Crippen molar-refractivity contribution in [3.8, 4) is 67.0 Å². The first-order chi connectivity index (χ1) is 37.7. The summed E-state index contributed by atoms with van der Waals surface area (Å²) in [7, 11) is 0. The number of pyridine rings is 2. The van der Waals surface area contributed by atoms with E-state index in [-0.39, 0.29) is 0 Å². The molecular weight excluding hydrogens is 921 g/mol. The average Bonchev–Trinajstić information content (AvgIpc) is 3.51. The molecule has 0 aliphatic heterocycles. The molecule has 0 saturated heterocycles. The third-order valence-corrected chi connectivity index (χ3v) is 14.3. The molecule has 2 aromatic heterocycles. The Morgan fingerprint density at radius 1 is 0.197 bits per heavy atom. The molecule has 76 heavy (non-hydrogen) atoms. The highest BCUT2D eigenvalue weighted by molar-refractivity contribution is 6.13. The van der Waals surface area contributed by atoms with Crippen LogP contribution in [0.5, 0.6) is 0 Å². The zero-order valence-corrected chi connectivity index (χ0v) is 41.7. The van der Waals surface area contributed by atoms with Crippen LogP contribution in [0.1, 0.15) is 0 Å².